The standard InChI is InChI=1S/C10H9BrN2O/c11-8-2-1-3-10(4-8)13-5-9(6-14)12-7-13/h1-5,7,14H,6H2. The van der Waals surface area contributed by atoms with E-state index < -0.39 is 0 Å². The average molecular weight is 253 g/mol. The summed E-state index contributed by atoms with van der Waals surface area (Å²) in [4.78, 5) is 4.04. The van der Waals surface area contributed by atoms with Crippen LogP contribution in [0, 0.1) is 0 Å². The van der Waals surface area contributed by atoms with Crippen LogP contribution in [0.3, 0.4) is 0 Å². The van der Waals surface area contributed by atoms with Crippen molar-refractivity contribution in [1.82, 2.24) is 9.55 Å². The molecule has 1 aromatic carbocycles. The molecule has 0 saturated heterocycles. The zero-order valence-corrected chi connectivity index (χ0v) is 8.98. The average Bonchev–Trinajstić information content (AvgIpc) is 2.66. The largest absolute Gasteiger partial charge is 0.390 e. The van der Waals surface area contributed by atoms with Gasteiger partial charge in [-0.25, -0.2) is 4.98 Å². The first-order valence-corrected chi connectivity index (χ1v) is 4.98. The van der Waals surface area contributed by atoms with Gasteiger partial charge in [0.1, 0.15) is 0 Å². The van der Waals surface area contributed by atoms with Gasteiger partial charge in [0.2, 0.25) is 0 Å². The lowest BCUT2D eigenvalue weighted by molar-refractivity contribution is 0.277. The lowest BCUT2D eigenvalue weighted by atomic mass is 10.3. The molecule has 4 heteroatoms. The van der Waals surface area contributed by atoms with E-state index in [1.165, 1.54) is 0 Å². The third-order valence-corrected chi connectivity index (χ3v) is 2.40. The Bertz CT molecular complexity index is 439. The van der Waals surface area contributed by atoms with E-state index in [1.807, 2.05) is 35.0 Å². The second-order valence-corrected chi connectivity index (χ2v) is 3.83. The summed E-state index contributed by atoms with van der Waals surface area (Å²) >= 11 is 3.40. The minimum absolute atomic E-state index is 0.0268. The molecule has 0 unspecified atom stereocenters. The molecule has 3 nitrogen and oxygen atoms in total. The summed E-state index contributed by atoms with van der Waals surface area (Å²) in [5.41, 5.74) is 1.69. The van der Waals surface area contributed by atoms with Crippen molar-refractivity contribution in [1.29, 1.82) is 0 Å². The number of hydrogen-bond donors (Lipinski definition) is 1. The maximum absolute atomic E-state index is 8.87. The molecule has 0 spiro atoms. The molecule has 0 aliphatic carbocycles. The van der Waals surface area contributed by atoms with Gasteiger partial charge >= 0.3 is 0 Å². The van der Waals surface area contributed by atoms with Crippen molar-refractivity contribution in [2.75, 3.05) is 0 Å². The molecular formula is C10H9BrN2O. The Morgan fingerprint density at radius 3 is 2.93 bits per heavy atom. The normalized spacial score (nSPS) is 10.4. The smallest absolute Gasteiger partial charge is 0.0996 e. The molecule has 0 atom stereocenters. The number of aliphatic hydroxyl groups excluding tert-OH is 1. The molecule has 0 saturated carbocycles. The van der Waals surface area contributed by atoms with Crippen LogP contribution in [0.15, 0.2) is 41.3 Å². The third-order valence-electron chi connectivity index (χ3n) is 1.90. The van der Waals surface area contributed by atoms with Crippen molar-refractivity contribution < 1.29 is 5.11 Å². The molecule has 2 aromatic rings. The fourth-order valence-electron chi connectivity index (χ4n) is 1.22. The van der Waals surface area contributed by atoms with Crippen molar-refractivity contribution in [2.24, 2.45) is 0 Å². The molecule has 0 bridgehead atoms. The van der Waals surface area contributed by atoms with Crippen molar-refractivity contribution in [3.8, 4) is 5.69 Å². The molecule has 0 radical (unpaired) electrons. The zero-order valence-electron chi connectivity index (χ0n) is 7.39. The van der Waals surface area contributed by atoms with Gasteiger partial charge in [0.25, 0.3) is 0 Å². The van der Waals surface area contributed by atoms with Crippen LogP contribution in [0.5, 0.6) is 0 Å². The summed E-state index contributed by atoms with van der Waals surface area (Å²) in [5.74, 6) is 0. The highest BCUT2D eigenvalue weighted by Crippen LogP contribution is 2.15. The lowest BCUT2D eigenvalue weighted by Gasteiger charge is -2.01. The molecule has 72 valence electrons. The van der Waals surface area contributed by atoms with Gasteiger partial charge in [0.15, 0.2) is 0 Å². The summed E-state index contributed by atoms with van der Waals surface area (Å²) < 4.78 is 2.89. The number of benzene rings is 1. The van der Waals surface area contributed by atoms with E-state index in [0.717, 1.165) is 10.2 Å². The number of aliphatic hydroxyl groups is 1. The minimum atomic E-state index is -0.0268. The van der Waals surface area contributed by atoms with Crippen molar-refractivity contribution in [3.63, 3.8) is 0 Å². The predicted molar refractivity (Wildman–Crippen MR) is 57.2 cm³/mol. The van der Waals surface area contributed by atoms with E-state index in [0.29, 0.717) is 5.69 Å². The van der Waals surface area contributed by atoms with Gasteiger partial charge in [-0.15, -0.1) is 0 Å². The summed E-state index contributed by atoms with van der Waals surface area (Å²) in [5, 5.41) is 8.87. The van der Waals surface area contributed by atoms with Gasteiger partial charge in [-0.05, 0) is 18.2 Å². The fourth-order valence-corrected chi connectivity index (χ4v) is 1.61. The van der Waals surface area contributed by atoms with Gasteiger partial charge in [-0.3, -0.25) is 0 Å². The lowest BCUT2D eigenvalue weighted by Crippen LogP contribution is -1.89. The first-order chi connectivity index (χ1) is 6.79. The van der Waals surface area contributed by atoms with Gasteiger partial charge in [-0.2, -0.15) is 0 Å². The van der Waals surface area contributed by atoms with Crippen LogP contribution in [0.4, 0.5) is 0 Å². The number of hydrogen-bond acceptors (Lipinski definition) is 2. The quantitative estimate of drug-likeness (QED) is 0.890. The fraction of sp³-hybridized carbons (Fsp3) is 0.100. The van der Waals surface area contributed by atoms with Crippen LogP contribution >= 0.6 is 15.9 Å². The van der Waals surface area contributed by atoms with Gasteiger partial charge in [0, 0.05) is 16.4 Å². The molecule has 2 rings (SSSR count). The molecule has 1 aromatic heterocycles. The Kier molecular flexibility index (Phi) is 2.65. The maximum Gasteiger partial charge on any atom is 0.0996 e. The van der Waals surface area contributed by atoms with Crippen LogP contribution in [-0.4, -0.2) is 14.7 Å². The Balaban J connectivity index is 2.39. The van der Waals surface area contributed by atoms with Crippen LogP contribution < -0.4 is 0 Å². The van der Waals surface area contributed by atoms with Gasteiger partial charge in [0.05, 0.1) is 18.6 Å². The third kappa shape index (κ3) is 1.86. The Morgan fingerprint density at radius 1 is 1.43 bits per heavy atom. The Labute approximate surface area is 90.2 Å². The highest BCUT2D eigenvalue weighted by atomic mass is 79.9. The molecule has 0 fully saturated rings. The van der Waals surface area contributed by atoms with Crippen molar-refractivity contribution >= 4 is 15.9 Å². The van der Waals surface area contributed by atoms with Crippen LogP contribution in [0.2, 0.25) is 0 Å². The number of nitrogens with zero attached hydrogens (tertiary/aromatic N) is 2. The number of halogens is 1. The molecule has 0 aliphatic heterocycles. The van der Waals surface area contributed by atoms with E-state index in [4.69, 9.17) is 5.11 Å². The summed E-state index contributed by atoms with van der Waals surface area (Å²) in [6.07, 6.45) is 3.50. The van der Waals surface area contributed by atoms with E-state index in [1.54, 1.807) is 6.33 Å². The second kappa shape index (κ2) is 3.94. The van der Waals surface area contributed by atoms with Crippen LogP contribution in [-0.2, 0) is 6.61 Å². The molecule has 0 aliphatic rings. The van der Waals surface area contributed by atoms with E-state index >= 15 is 0 Å². The number of imidazole rings is 1. The second-order valence-electron chi connectivity index (χ2n) is 2.91. The Morgan fingerprint density at radius 2 is 2.29 bits per heavy atom. The van der Waals surface area contributed by atoms with E-state index in [2.05, 4.69) is 20.9 Å². The highest BCUT2D eigenvalue weighted by Gasteiger charge is 1.99. The van der Waals surface area contributed by atoms with Crippen molar-refractivity contribution in [3.05, 3.63) is 47.0 Å². The topological polar surface area (TPSA) is 38.0 Å². The monoisotopic (exact) mass is 252 g/mol. The van der Waals surface area contributed by atoms with Gasteiger partial charge in [-0.1, -0.05) is 22.0 Å². The first-order valence-electron chi connectivity index (χ1n) is 4.19. The van der Waals surface area contributed by atoms with E-state index in [9.17, 15) is 0 Å². The molecule has 14 heavy (non-hydrogen) atoms. The first kappa shape index (κ1) is 9.43. The maximum atomic E-state index is 8.87. The van der Waals surface area contributed by atoms with Crippen LogP contribution in [0.25, 0.3) is 5.69 Å². The number of aromatic nitrogens is 2. The molecule has 1 heterocycles. The van der Waals surface area contributed by atoms with Crippen molar-refractivity contribution in [2.45, 2.75) is 6.61 Å². The van der Waals surface area contributed by atoms with Gasteiger partial charge < -0.3 is 9.67 Å². The zero-order chi connectivity index (χ0) is 9.97. The van der Waals surface area contributed by atoms with E-state index in [-0.39, 0.29) is 6.61 Å². The Hall–Kier alpha value is -1.13. The summed E-state index contributed by atoms with van der Waals surface area (Å²) in [7, 11) is 0. The predicted octanol–water partition coefficient (Wildman–Crippen LogP) is 2.13. The molecular weight excluding hydrogens is 244 g/mol. The number of rotatable bonds is 2. The summed E-state index contributed by atoms with van der Waals surface area (Å²) in [6.45, 7) is -0.0268. The summed E-state index contributed by atoms with van der Waals surface area (Å²) in [6, 6.07) is 7.89. The minimum Gasteiger partial charge on any atom is -0.390 e. The molecule has 0 amide bonds. The molecule has 1 N–H and O–H groups in total. The SMILES string of the molecule is OCc1cn(-c2cccc(Br)c2)cn1. The highest BCUT2D eigenvalue weighted by molar-refractivity contribution is 9.10. The van der Waals surface area contributed by atoms with Crippen LogP contribution in [0.1, 0.15) is 5.69 Å².